The molecule has 0 aliphatic rings. The fourth-order valence-electron chi connectivity index (χ4n) is 2.33. The Hall–Kier alpha value is -1.26. The number of aromatic nitrogens is 1. The summed E-state index contributed by atoms with van der Waals surface area (Å²) in [7, 11) is 0. The van der Waals surface area contributed by atoms with Gasteiger partial charge in [-0.15, -0.1) is 0 Å². The number of pyridine rings is 1. The molecule has 0 fully saturated rings. The van der Waals surface area contributed by atoms with E-state index in [-0.39, 0.29) is 11.9 Å². The predicted octanol–water partition coefficient (Wildman–Crippen LogP) is 4.58. The van der Waals surface area contributed by atoms with Gasteiger partial charge in [-0.25, -0.2) is 4.39 Å². The Labute approximate surface area is 133 Å². The first-order chi connectivity index (χ1) is 10.1. The van der Waals surface area contributed by atoms with E-state index in [0.29, 0.717) is 0 Å². The quantitative estimate of drug-likeness (QED) is 0.824. The zero-order valence-electron chi connectivity index (χ0n) is 12.4. The van der Waals surface area contributed by atoms with Gasteiger partial charge in [0.25, 0.3) is 0 Å². The van der Waals surface area contributed by atoms with Crippen molar-refractivity contribution in [2.24, 2.45) is 0 Å². The SMILES string of the molecule is CCCNC(Cc1cc(F)ccc1Br)c1ccnc(C)c1. The van der Waals surface area contributed by atoms with Crippen LogP contribution in [0.1, 0.15) is 36.2 Å². The van der Waals surface area contributed by atoms with Gasteiger partial charge < -0.3 is 5.32 Å². The average Bonchev–Trinajstić information content (AvgIpc) is 2.47. The standard InChI is InChI=1S/C17H20BrFN2/c1-3-7-21-17(13-6-8-20-12(2)9-13)11-14-10-15(19)4-5-16(14)18/h4-6,8-10,17,21H,3,7,11H2,1-2H3. The third kappa shape index (κ3) is 4.61. The zero-order valence-corrected chi connectivity index (χ0v) is 14.0. The Morgan fingerprint density at radius 2 is 2.10 bits per heavy atom. The van der Waals surface area contributed by atoms with Crippen molar-refractivity contribution in [2.75, 3.05) is 6.54 Å². The molecule has 1 unspecified atom stereocenters. The summed E-state index contributed by atoms with van der Waals surface area (Å²) in [4.78, 5) is 4.24. The fourth-order valence-corrected chi connectivity index (χ4v) is 2.74. The van der Waals surface area contributed by atoms with Crippen molar-refractivity contribution in [2.45, 2.75) is 32.7 Å². The summed E-state index contributed by atoms with van der Waals surface area (Å²) in [6.45, 7) is 5.05. The highest BCUT2D eigenvalue weighted by Crippen LogP contribution is 2.25. The van der Waals surface area contributed by atoms with Crippen LogP contribution in [0.3, 0.4) is 0 Å². The predicted molar refractivity (Wildman–Crippen MR) is 87.8 cm³/mol. The highest BCUT2D eigenvalue weighted by atomic mass is 79.9. The van der Waals surface area contributed by atoms with Crippen LogP contribution in [-0.4, -0.2) is 11.5 Å². The van der Waals surface area contributed by atoms with Gasteiger partial charge in [0.2, 0.25) is 0 Å². The summed E-state index contributed by atoms with van der Waals surface area (Å²) in [5, 5.41) is 3.54. The molecule has 0 spiro atoms. The van der Waals surface area contributed by atoms with Crippen molar-refractivity contribution in [3.63, 3.8) is 0 Å². The van der Waals surface area contributed by atoms with Crippen LogP contribution in [0.15, 0.2) is 41.0 Å². The summed E-state index contributed by atoms with van der Waals surface area (Å²) in [5.41, 5.74) is 3.15. The number of nitrogens with zero attached hydrogens (tertiary/aromatic N) is 1. The first-order valence-corrected chi connectivity index (χ1v) is 7.99. The summed E-state index contributed by atoms with van der Waals surface area (Å²) in [6.07, 6.45) is 3.62. The first kappa shape index (κ1) is 16.1. The maximum Gasteiger partial charge on any atom is 0.123 e. The monoisotopic (exact) mass is 350 g/mol. The molecule has 1 heterocycles. The second-order valence-electron chi connectivity index (χ2n) is 5.18. The van der Waals surface area contributed by atoms with Gasteiger partial charge in [0.1, 0.15) is 5.82 Å². The summed E-state index contributed by atoms with van der Waals surface area (Å²) >= 11 is 3.51. The van der Waals surface area contributed by atoms with Crippen LogP contribution in [-0.2, 0) is 6.42 Å². The lowest BCUT2D eigenvalue weighted by atomic mass is 9.99. The van der Waals surface area contributed by atoms with Crippen molar-refractivity contribution in [3.8, 4) is 0 Å². The second-order valence-corrected chi connectivity index (χ2v) is 6.03. The molecule has 0 aliphatic carbocycles. The van der Waals surface area contributed by atoms with E-state index >= 15 is 0 Å². The van der Waals surface area contributed by atoms with Gasteiger partial charge in [-0.05, 0) is 67.8 Å². The van der Waals surface area contributed by atoms with E-state index in [9.17, 15) is 4.39 Å². The lowest BCUT2D eigenvalue weighted by Gasteiger charge is -2.20. The van der Waals surface area contributed by atoms with E-state index in [1.165, 1.54) is 11.6 Å². The van der Waals surface area contributed by atoms with E-state index < -0.39 is 0 Å². The molecule has 2 rings (SSSR count). The van der Waals surface area contributed by atoms with Crippen LogP contribution in [0.25, 0.3) is 0 Å². The molecule has 4 heteroatoms. The number of aryl methyl sites for hydroxylation is 1. The minimum absolute atomic E-state index is 0.157. The van der Waals surface area contributed by atoms with Crippen molar-refractivity contribution in [3.05, 3.63) is 63.6 Å². The first-order valence-electron chi connectivity index (χ1n) is 7.20. The molecule has 2 nitrogen and oxygen atoms in total. The maximum atomic E-state index is 13.5. The molecule has 1 N–H and O–H groups in total. The van der Waals surface area contributed by atoms with Crippen LogP contribution in [0.4, 0.5) is 4.39 Å². The molecule has 1 atom stereocenters. The van der Waals surface area contributed by atoms with E-state index in [4.69, 9.17) is 0 Å². The summed E-state index contributed by atoms with van der Waals surface area (Å²) in [5.74, 6) is -0.201. The average molecular weight is 351 g/mol. The van der Waals surface area contributed by atoms with Crippen molar-refractivity contribution < 1.29 is 4.39 Å². The summed E-state index contributed by atoms with van der Waals surface area (Å²) in [6, 6.07) is 9.09. The van der Waals surface area contributed by atoms with Gasteiger partial charge in [0.15, 0.2) is 0 Å². The van der Waals surface area contributed by atoms with E-state index in [2.05, 4.69) is 39.2 Å². The fraction of sp³-hybridized carbons (Fsp3) is 0.353. The van der Waals surface area contributed by atoms with E-state index in [0.717, 1.165) is 35.1 Å². The lowest BCUT2D eigenvalue weighted by molar-refractivity contribution is 0.525. The van der Waals surface area contributed by atoms with E-state index in [1.54, 1.807) is 12.1 Å². The zero-order chi connectivity index (χ0) is 15.2. The topological polar surface area (TPSA) is 24.9 Å². The third-order valence-electron chi connectivity index (χ3n) is 3.40. The number of rotatable bonds is 6. The molecular weight excluding hydrogens is 331 g/mol. The normalized spacial score (nSPS) is 12.4. The Morgan fingerprint density at radius 1 is 1.29 bits per heavy atom. The van der Waals surface area contributed by atoms with Crippen molar-refractivity contribution >= 4 is 15.9 Å². The highest BCUT2D eigenvalue weighted by molar-refractivity contribution is 9.10. The Morgan fingerprint density at radius 3 is 2.81 bits per heavy atom. The summed E-state index contributed by atoms with van der Waals surface area (Å²) < 4.78 is 14.4. The van der Waals surface area contributed by atoms with Gasteiger partial charge in [-0.2, -0.15) is 0 Å². The number of benzene rings is 1. The second kappa shape index (κ2) is 7.66. The Bertz CT molecular complexity index is 601. The van der Waals surface area contributed by atoms with Crippen LogP contribution < -0.4 is 5.32 Å². The number of nitrogens with one attached hydrogen (secondary N) is 1. The molecule has 2 aromatic rings. The van der Waals surface area contributed by atoms with Crippen LogP contribution >= 0.6 is 15.9 Å². The number of halogens is 2. The van der Waals surface area contributed by atoms with Crippen LogP contribution in [0.5, 0.6) is 0 Å². The largest absolute Gasteiger partial charge is 0.310 e. The Balaban J connectivity index is 2.25. The molecule has 1 aromatic heterocycles. The van der Waals surface area contributed by atoms with Gasteiger partial charge in [-0.1, -0.05) is 22.9 Å². The van der Waals surface area contributed by atoms with Gasteiger partial charge >= 0.3 is 0 Å². The third-order valence-corrected chi connectivity index (χ3v) is 4.17. The smallest absolute Gasteiger partial charge is 0.123 e. The maximum absolute atomic E-state index is 13.5. The molecule has 0 aliphatic heterocycles. The van der Waals surface area contributed by atoms with Gasteiger partial charge in [0, 0.05) is 22.4 Å². The molecule has 0 radical (unpaired) electrons. The molecule has 0 bridgehead atoms. The van der Waals surface area contributed by atoms with Crippen molar-refractivity contribution in [1.82, 2.24) is 10.3 Å². The van der Waals surface area contributed by atoms with Crippen LogP contribution in [0, 0.1) is 12.7 Å². The molecular formula is C17H20BrFN2. The van der Waals surface area contributed by atoms with Gasteiger partial charge in [0.05, 0.1) is 0 Å². The van der Waals surface area contributed by atoms with E-state index in [1.807, 2.05) is 19.2 Å². The number of hydrogen-bond acceptors (Lipinski definition) is 2. The molecule has 0 saturated carbocycles. The molecule has 0 amide bonds. The minimum atomic E-state index is -0.201. The van der Waals surface area contributed by atoms with Gasteiger partial charge in [-0.3, -0.25) is 4.98 Å². The lowest BCUT2D eigenvalue weighted by Crippen LogP contribution is -2.24. The molecule has 21 heavy (non-hydrogen) atoms. The molecule has 1 aromatic carbocycles. The molecule has 0 saturated heterocycles. The highest BCUT2D eigenvalue weighted by Gasteiger charge is 2.14. The number of hydrogen-bond donors (Lipinski definition) is 1. The minimum Gasteiger partial charge on any atom is -0.310 e. The van der Waals surface area contributed by atoms with Crippen molar-refractivity contribution in [1.29, 1.82) is 0 Å². The van der Waals surface area contributed by atoms with Crippen LogP contribution in [0.2, 0.25) is 0 Å². The molecule has 112 valence electrons. The Kier molecular flexibility index (Phi) is 5.88.